The molecule has 6 atom stereocenters. The second kappa shape index (κ2) is 5.07. The number of carbonyl (C=O) groups is 1. The van der Waals surface area contributed by atoms with Crippen molar-refractivity contribution in [2.75, 3.05) is 13.7 Å². The lowest BCUT2D eigenvalue weighted by atomic mass is 9.41. The molecule has 130 valence electrons. The molecule has 4 aliphatic carbocycles. The predicted molar refractivity (Wildman–Crippen MR) is 92.1 cm³/mol. The molecule has 0 saturated heterocycles. The molecule has 2 heteroatoms. The average molecular weight is 319 g/mol. The Labute approximate surface area is 141 Å². The first-order valence-electron chi connectivity index (χ1n) is 9.86. The minimum absolute atomic E-state index is 0.101. The highest BCUT2D eigenvalue weighted by Crippen LogP contribution is 2.71. The molecule has 4 rings (SSSR count). The maximum absolute atomic E-state index is 12.6. The number of fused-ring (bicyclic) bond motifs is 3. The van der Waals surface area contributed by atoms with E-state index in [0.717, 1.165) is 37.2 Å². The van der Waals surface area contributed by atoms with Gasteiger partial charge in [-0.25, -0.2) is 0 Å². The molecule has 0 aliphatic heterocycles. The van der Waals surface area contributed by atoms with Crippen LogP contribution >= 0.6 is 0 Å². The lowest BCUT2D eigenvalue weighted by molar-refractivity contribution is -0.165. The molecule has 0 N–H and O–H groups in total. The molecule has 0 heterocycles. The van der Waals surface area contributed by atoms with Gasteiger partial charge < -0.3 is 4.74 Å². The summed E-state index contributed by atoms with van der Waals surface area (Å²) in [5.41, 5.74) is 0.867. The molecule has 4 fully saturated rings. The summed E-state index contributed by atoms with van der Waals surface area (Å²) < 4.78 is 5.54. The molecule has 23 heavy (non-hydrogen) atoms. The third kappa shape index (κ3) is 2.06. The van der Waals surface area contributed by atoms with Crippen LogP contribution in [-0.2, 0) is 9.53 Å². The van der Waals surface area contributed by atoms with E-state index < -0.39 is 0 Å². The van der Waals surface area contributed by atoms with Gasteiger partial charge in [-0.05, 0) is 79.4 Å². The van der Waals surface area contributed by atoms with Crippen molar-refractivity contribution in [2.45, 2.75) is 72.1 Å². The zero-order chi connectivity index (χ0) is 16.5. The SMILES string of the molecule is COC[C@H]1C[C@@]23CC[C@H]4C(C)(C)C(=O)CC[C@@]4(C)[C@@H]2CC[C@@H]1C3. The van der Waals surface area contributed by atoms with Crippen molar-refractivity contribution in [3.8, 4) is 0 Å². The molecule has 0 aromatic rings. The van der Waals surface area contributed by atoms with Gasteiger partial charge in [-0.15, -0.1) is 0 Å². The Morgan fingerprint density at radius 2 is 1.83 bits per heavy atom. The van der Waals surface area contributed by atoms with Gasteiger partial charge in [0, 0.05) is 25.6 Å². The number of hydrogen-bond acceptors (Lipinski definition) is 2. The van der Waals surface area contributed by atoms with Crippen molar-refractivity contribution in [1.29, 1.82) is 0 Å². The van der Waals surface area contributed by atoms with Crippen molar-refractivity contribution < 1.29 is 9.53 Å². The van der Waals surface area contributed by atoms with E-state index in [1.54, 1.807) is 0 Å². The number of ketones is 1. The van der Waals surface area contributed by atoms with E-state index in [0.29, 0.717) is 22.5 Å². The van der Waals surface area contributed by atoms with Crippen LogP contribution in [0.3, 0.4) is 0 Å². The van der Waals surface area contributed by atoms with Crippen LogP contribution in [-0.4, -0.2) is 19.5 Å². The summed E-state index contributed by atoms with van der Waals surface area (Å²) in [7, 11) is 1.87. The van der Waals surface area contributed by atoms with Crippen molar-refractivity contribution in [2.24, 2.45) is 39.9 Å². The molecule has 0 amide bonds. The largest absolute Gasteiger partial charge is 0.384 e. The lowest BCUT2D eigenvalue weighted by Gasteiger charge is -2.63. The molecule has 1 spiro atoms. The zero-order valence-corrected chi connectivity index (χ0v) is 15.5. The zero-order valence-electron chi connectivity index (χ0n) is 15.5. The summed E-state index contributed by atoms with van der Waals surface area (Å²) in [5.74, 6) is 3.67. The number of methoxy groups -OCH3 is 1. The first kappa shape index (κ1) is 16.1. The Bertz CT molecular complexity index is 510. The van der Waals surface area contributed by atoms with Crippen LogP contribution in [0.25, 0.3) is 0 Å². The quantitative estimate of drug-likeness (QED) is 0.726. The fraction of sp³-hybridized carbons (Fsp3) is 0.952. The van der Waals surface area contributed by atoms with Gasteiger partial charge in [0.25, 0.3) is 0 Å². The van der Waals surface area contributed by atoms with Crippen molar-refractivity contribution >= 4 is 5.78 Å². The van der Waals surface area contributed by atoms with Gasteiger partial charge in [-0.3, -0.25) is 4.79 Å². The number of ether oxygens (including phenoxy) is 1. The van der Waals surface area contributed by atoms with Crippen molar-refractivity contribution in [3.63, 3.8) is 0 Å². The van der Waals surface area contributed by atoms with E-state index >= 15 is 0 Å². The molecule has 2 nitrogen and oxygen atoms in total. The van der Waals surface area contributed by atoms with Crippen LogP contribution in [0.15, 0.2) is 0 Å². The fourth-order valence-corrected chi connectivity index (χ4v) is 8.02. The highest BCUT2D eigenvalue weighted by atomic mass is 16.5. The minimum atomic E-state index is -0.101. The van der Waals surface area contributed by atoms with E-state index in [4.69, 9.17) is 4.74 Å². The molecule has 4 aliphatic rings. The molecular weight excluding hydrogens is 284 g/mol. The molecule has 2 bridgehead atoms. The summed E-state index contributed by atoms with van der Waals surface area (Å²) in [4.78, 5) is 12.6. The van der Waals surface area contributed by atoms with Gasteiger partial charge in [0.15, 0.2) is 0 Å². The molecule has 4 saturated carbocycles. The maximum Gasteiger partial charge on any atom is 0.138 e. The highest BCUT2D eigenvalue weighted by molar-refractivity contribution is 5.85. The van der Waals surface area contributed by atoms with Gasteiger partial charge >= 0.3 is 0 Å². The topological polar surface area (TPSA) is 26.3 Å². The van der Waals surface area contributed by atoms with Crippen molar-refractivity contribution in [1.82, 2.24) is 0 Å². The maximum atomic E-state index is 12.6. The van der Waals surface area contributed by atoms with E-state index in [1.165, 1.54) is 38.5 Å². The second-order valence-electron chi connectivity index (χ2n) is 10.1. The van der Waals surface area contributed by atoms with Crippen LogP contribution in [0, 0.1) is 39.9 Å². The molecule has 0 aromatic carbocycles. The predicted octanol–water partition coefficient (Wildman–Crippen LogP) is 4.86. The average Bonchev–Trinajstić information content (AvgIpc) is 2.75. The van der Waals surface area contributed by atoms with Gasteiger partial charge in [-0.1, -0.05) is 20.8 Å². The van der Waals surface area contributed by atoms with Crippen molar-refractivity contribution in [3.05, 3.63) is 0 Å². The third-order valence-corrected chi connectivity index (χ3v) is 8.95. The Balaban J connectivity index is 1.67. The fourth-order valence-electron chi connectivity index (χ4n) is 8.02. The van der Waals surface area contributed by atoms with Crippen LogP contribution < -0.4 is 0 Å². The summed E-state index contributed by atoms with van der Waals surface area (Å²) in [5, 5.41) is 0. The Morgan fingerprint density at radius 1 is 1.04 bits per heavy atom. The van der Waals surface area contributed by atoms with Gasteiger partial charge in [-0.2, -0.15) is 0 Å². The lowest BCUT2D eigenvalue weighted by Crippen LogP contribution is -2.58. The normalized spacial score (nSPS) is 51.2. The minimum Gasteiger partial charge on any atom is -0.384 e. The van der Waals surface area contributed by atoms with E-state index in [2.05, 4.69) is 20.8 Å². The number of hydrogen-bond donors (Lipinski definition) is 0. The van der Waals surface area contributed by atoms with Crippen LogP contribution in [0.2, 0.25) is 0 Å². The summed E-state index contributed by atoms with van der Waals surface area (Å²) in [6, 6.07) is 0. The first-order valence-corrected chi connectivity index (χ1v) is 9.86. The summed E-state index contributed by atoms with van der Waals surface area (Å²) in [6.07, 6.45) is 10.3. The molecular formula is C21H34O2. The first-order chi connectivity index (χ1) is 10.8. The van der Waals surface area contributed by atoms with Crippen LogP contribution in [0.4, 0.5) is 0 Å². The standard InChI is InChI=1S/C21H34O2/c1-19(2)16-7-10-21-11-14(15(12-21)13-23-4)5-6-17(21)20(16,3)9-8-18(19)22/h14-17H,5-13H2,1-4H3/t14-,15-,16+,17+,20-,21+/m1/s1. The highest BCUT2D eigenvalue weighted by Gasteiger charge is 2.65. The number of carbonyl (C=O) groups excluding carboxylic acids is 1. The van der Waals surface area contributed by atoms with Crippen LogP contribution in [0.1, 0.15) is 72.1 Å². The number of rotatable bonds is 2. The van der Waals surface area contributed by atoms with Gasteiger partial charge in [0.2, 0.25) is 0 Å². The van der Waals surface area contributed by atoms with Crippen LogP contribution in [0.5, 0.6) is 0 Å². The Kier molecular flexibility index (Phi) is 3.55. The molecule has 0 aromatic heterocycles. The summed E-state index contributed by atoms with van der Waals surface area (Å²) in [6.45, 7) is 8.00. The third-order valence-electron chi connectivity index (χ3n) is 8.95. The Hall–Kier alpha value is -0.370. The van der Waals surface area contributed by atoms with E-state index in [1.807, 2.05) is 7.11 Å². The monoisotopic (exact) mass is 318 g/mol. The second-order valence-corrected chi connectivity index (χ2v) is 10.1. The van der Waals surface area contributed by atoms with Gasteiger partial charge in [0.1, 0.15) is 5.78 Å². The number of Topliss-reactive ketones (excluding diaryl/α,β-unsaturated/α-hetero) is 1. The molecule has 0 radical (unpaired) electrons. The van der Waals surface area contributed by atoms with E-state index in [-0.39, 0.29) is 5.41 Å². The Morgan fingerprint density at radius 3 is 2.57 bits per heavy atom. The summed E-state index contributed by atoms with van der Waals surface area (Å²) >= 11 is 0. The molecule has 0 unspecified atom stereocenters. The van der Waals surface area contributed by atoms with Gasteiger partial charge in [0.05, 0.1) is 0 Å². The smallest absolute Gasteiger partial charge is 0.138 e. The van der Waals surface area contributed by atoms with E-state index in [9.17, 15) is 4.79 Å².